The molecule has 31 heavy (non-hydrogen) atoms. The van der Waals surface area contributed by atoms with E-state index in [4.69, 9.17) is 26.4 Å². The van der Waals surface area contributed by atoms with E-state index in [1.54, 1.807) is 18.2 Å². The first-order valence-corrected chi connectivity index (χ1v) is 10.9. The number of carboxylic acid groups (broad SMARTS) is 1. The molecular formula is C23H27ClN4O3. The number of aromatic amines is 1. The minimum absolute atomic E-state index is 0.0503. The SMILES string of the molecule is C[C@@H]1CN(c2nc3ccccc3[nH]2)C[C@H](C)N1CCOc1cc(CC(=O)O)ccc1Cl. The molecule has 1 aromatic heterocycles. The summed E-state index contributed by atoms with van der Waals surface area (Å²) in [7, 11) is 0. The Morgan fingerprint density at radius 3 is 2.68 bits per heavy atom. The maximum Gasteiger partial charge on any atom is 0.307 e. The Bertz CT molecular complexity index is 1020. The van der Waals surface area contributed by atoms with Gasteiger partial charge in [0, 0.05) is 31.7 Å². The van der Waals surface area contributed by atoms with Crippen molar-refractivity contribution in [3.8, 4) is 5.75 Å². The second kappa shape index (κ2) is 9.16. The van der Waals surface area contributed by atoms with Gasteiger partial charge in [-0.25, -0.2) is 4.98 Å². The molecule has 0 amide bonds. The Hall–Kier alpha value is -2.77. The van der Waals surface area contributed by atoms with Crippen molar-refractivity contribution >= 4 is 34.6 Å². The summed E-state index contributed by atoms with van der Waals surface area (Å²) in [6, 6.07) is 13.8. The zero-order chi connectivity index (χ0) is 22.0. The monoisotopic (exact) mass is 442 g/mol. The molecule has 0 radical (unpaired) electrons. The van der Waals surface area contributed by atoms with Crippen LogP contribution in [0.25, 0.3) is 11.0 Å². The molecule has 2 N–H and O–H groups in total. The van der Waals surface area contributed by atoms with Gasteiger partial charge < -0.3 is 19.7 Å². The molecule has 1 aliphatic rings. The topological polar surface area (TPSA) is 81.7 Å². The van der Waals surface area contributed by atoms with E-state index >= 15 is 0 Å². The molecular weight excluding hydrogens is 416 g/mol. The van der Waals surface area contributed by atoms with Gasteiger partial charge >= 0.3 is 5.97 Å². The Morgan fingerprint density at radius 2 is 1.97 bits per heavy atom. The summed E-state index contributed by atoms with van der Waals surface area (Å²) in [6.07, 6.45) is -0.0503. The largest absolute Gasteiger partial charge is 0.491 e. The van der Waals surface area contributed by atoms with Crippen molar-refractivity contribution in [3.63, 3.8) is 0 Å². The van der Waals surface area contributed by atoms with E-state index in [9.17, 15) is 4.79 Å². The van der Waals surface area contributed by atoms with Gasteiger partial charge in [0.1, 0.15) is 12.4 Å². The average Bonchev–Trinajstić information content (AvgIpc) is 3.16. The minimum atomic E-state index is -0.877. The first-order chi connectivity index (χ1) is 14.9. The highest BCUT2D eigenvalue weighted by Crippen LogP contribution is 2.27. The highest BCUT2D eigenvalue weighted by molar-refractivity contribution is 6.32. The number of halogens is 1. The predicted molar refractivity (Wildman–Crippen MR) is 122 cm³/mol. The number of hydrogen-bond donors (Lipinski definition) is 2. The standard InChI is InChI=1S/C23H27ClN4O3/c1-15-13-27(23-25-19-5-3-4-6-20(19)26-23)14-16(2)28(15)9-10-31-21-11-17(12-22(29)30)7-8-18(21)24/h3-8,11,15-16H,9-10,12-14H2,1-2H3,(H,25,26)(H,29,30)/t15-,16+. The van der Waals surface area contributed by atoms with Crippen molar-refractivity contribution in [1.29, 1.82) is 0 Å². The molecule has 164 valence electrons. The number of benzene rings is 2. The maximum atomic E-state index is 10.9. The molecule has 3 aromatic rings. The summed E-state index contributed by atoms with van der Waals surface area (Å²) in [5.74, 6) is 0.567. The predicted octanol–water partition coefficient (Wildman–Crippen LogP) is 3.82. The fourth-order valence-electron chi connectivity index (χ4n) is 4.26. The molecule has 2 atom stereocenters. The molecule has 0 aliphatic carbocycles. The van der Waals surface area contributed by atoms with Crippen LogP contribution in [0, 0.1) is 0 Å². The van der Waals surface area contributed by atoms with Crippen molar-refractivity contribution in [2.45, 2.75) is 32.4 Å². The number of aliphatic carboxylic acids is 1. The van der Waals surface area contributed by atoms with Gasteiger partial charge in [0.2, 0.25) is 5.95 Å². The van der Waals surface area contributed by atoms with E-state index in [0.717, 1.165) is 36.6 Å². The molecule has 8 heteroatoms. The number of carboxylic acids is 1. The highest BCUT2D eigenvalue weighted by Gasteiger charge is 2.30. The molecule has 0 bridgehead atoms. The maximum absolute atomic E-state index is 10.9. The molecule has 0 spiro atoms. The lowest BCUT2D eigenvalue weighted by Gasteiger charge is -2.44. The Kier molecular flexibility index (Phi) is 6.34. The van der Waals surface area contributed by atoms with E-state index in [2.05, 4.69) is 28.6 Å². The zero-order valence-corrected chi connectivity index (χ0v) is 18.5. The van der Waals surface area contributed by atoms with Crippen molar-refractivity contribution < 1.29 is 14.6 Å². The molecule has 2 aromatic carbocycles. The lowest BCUT2D eigenvalue weighted by Crippen LogP contribution is -2.57. The molecule has 1 fully saturated rings. The Morgan fingerprint density at radius 1 is 1.23 bits per heavy atom. The number of anilines is 1. The lowest BCUT2D eigenvalue weighted by molar-refractivity contribution is -0.136. The number of hydrogen-bond acceptors (Lipinski definition) is 5. The summed E-state index contributed by atoms with van der Waals surface area (Å²) in [5, 5.41) is 9.48. The van der Waals surface area contributed by atoms with Gasteiger partial charge in [0.25, 0.3) is 0 Å². The number of aromatic nitrogens is 2. The molecule has 0 saturated carbocycles. The Balaban J connectivity index is 1.35. The quantitative estimate of drug-likeness (QED) is 0.579. The van der Waals surface area contributed by atoms with E-state index < -0.39 is 5.97 Å². The smallest absolute Gasteiger partial charge is 0.307 e. The van der Waals surface area contributed by atoms with Crippen LogP contribution >= 0.6 is 11.6 Å². The highest BCUT2D eigenvalue weighted by atomic mass is 35.5. The van der Waals surface area contributed by atoms with Crippen LogP contribution in [0.1, 0.15) is 19.4 Å². The van der Waals surface area contributed by atoms with Gasteiger partial charge in [0.05, 0.1) is 22.5 Å². The molecule has 0 unspecified atom stereocenters. The molecule has 2 heterocycles. The summed E-state index contributed by atoms with van der Waals surface area (Å²) in [4.78, 5) is 23.8. The van der Waals surface area contributed by atoms with Crippen molar-refractivity contribution in [1.82, 2.24) is 14.9 Å². The summed E-state index contributed by atoms with van der Waals surface area (Å²) in [5.41, 5.74) is 2.71. The third kappa shape index (κ3) is 4.94. The first kappa shape index (κ1) is 21.5. The van der Waals surface area contributed by atoms with E-state index in [-0.39, 0.29) is 6.42 Å². The van der Waals surface area contributed by atoms with Gasteiger partial charge in [-0.3, -0.25) is 9.69 Å². The number of H-pyrrole nitrogens is 1. The van der Waals surface area contributed by atoms with Gasteiger partial charge in [-0.2, -0.15) is 0 Å². The van der Waals surface area contributed by atoms with Crippen LogP contribution in [0.4, 0.5) is 5.95 Å². The number of nitrogens with one attached hydrogen (secondary N) is 1. The number of ether oxygens (including phenoxy) is 1. The molecule has 7 nitrogen and oxygen atoms in total. The average molecular weight is 443 g/mol. The van der Waals surface area contributed by atoms with Crippen LogP contribution in [-0.2, 0) is 11.2 Å². The number of carbonyl (C=O) groups is 1. The Labute approximate surface area is 186 Å². The fourth-order valence-corrected chi connectivity index (χ4v) is 4.44. The van der Waals surface area contributed by atoms with Crippen LogP contribution in [-0.4, -0.2) is 64.3 Å². The number of nitrogens with zero attached hydrogens (tertiary/aromatic N) is 3. The third-order valence-corrected chi connectivity index (χ3v) is 6.05. The number of para-hydroxylation sites is 2. The van der Waals surface area contributed by atoms with Gasteiger partial charge in [0.15, 0.2) is 0 Å². The second-order valence-corrected chi connectivity index (χ2v) is 8.51. The third-order valence-electron chi connectivity index (χ3n) is 5.74. The van der Waals surface area contributed by atoms with E-state index in [0.29, 0.717) is 35.0 Å². The van der Waals surface area contributed by atoms with Crippen molar-refractivity contribution in [3.05, 3.63) is 53.1 Å². The zero-order valence-electron chi connectivity index (χ0n) is 17.7. The minimum Gasteiger partial charge on any atom is -0.491 e. The van der Waals surface area contributed by atoms with Gasteiger partial charge in [-0.05, 0) is 43.7 Å². The van der Waals surface area contributed by atoms with E-state index in [1.807, 2.05) is 24.3 Å². The van der Waals surface area contributed by atoms with Crippen LogP contribution < -0.4 is 9.64 Å². The number of fused-ring (bicyclic) bond motifs is 1. The van der Waals surface area contributed by atoms with Crippen LogP contribution in [0.3, 0.4) is 0 Å². The van der Waals surface area contributed by atoms with E-state index in [1.165, 1.54) is 0 Å². The first-order valence-electron chi connectivity index (χ1n) is 10.5. The summed E-state index contributed by atoms with van der Waals surface area (Å²) < 4.78 is 5.91. The summed E-state index contributed by atoms with van der Waals surface area (Å²) >= 11 is 6.23. The number of imidazole rings is 1. The molecule has 1 aliphatic heterocycles. The van der Waals surface area contributed by atoms with Gasteiger partial charge in [-0.1, -0.05) is 29.8 Å². The normalized spacial score (nSPS) is 19.6. The van der Waals surface area contributed by atoms with Crippen molar-refractivity contribution in [2.75, 3.05) is 31.1 Å². The van der Waals surface area contributed by atoms with Gasteiger partial charge in [-0.15, -0.1) is 0 Å². The number of rotatable bonds is 7. The second-order valence-electron chi connectivity index (χ2n) is 8.10. The van der Waals surface area contributed by atoms with Crippen LogP contribution in [0.15, 0.2) is 42.5 Å². The molecule has 4 rings (SSSR count). The molecule has 1 saturated heterocycles. The summed E-state index contributed by atoms with van der Waals surface area (Å²) in [6.45, 7) is 7.42. The van der Waals surface area contributed by atoms with Crippen LogP contribution in [0.5, 0.6) is 5.75 Å². The lowest BCUT2D eigenvalue weighted by atomic mass is 10.1. The van der Waals surface area contributed by atoms with Crippen molar-refractivity contribution in [2.24, 2.45) is 0 Å². The fraction of sp³-hybridized carbons (Fsp3) is 0.391. The number of piperazine rings is 1. The van der Waals surface area contributed by atoms with Crippen LogP contribution in [0.2, 0.25) is 5.02 Å².